The second-order valence-electron chi connectivity index (χ2n) is 6.41. The van der Waals surface area contributed by atoms with E-state index in [1.165, 1.54) is 0 Å². The molecule has 120 valence electrons. The van der Waals surface area contributed by atoms with E-state index in [2.05, 4.69) is 11.8 Å². The fourth-order valence-electron chi connectivity index (χ4n) is 3.16. The van der Waals surface area contributed by atoms with Gasteiger partial charge in [0.05, 0.1) is 14.2 Å². The van der Waals surface area contributed by atoms with Gasteiger partial charge < -0.3 is 14.4 Å². The Labute approximate surface area is 132 Å². The highest BCUT2D eigenvalue weighted by molar-refractivity contribution is 6.05. The molecule has 1 fully saturated rings. The number of carbonyl (C=O) groups excluding carboxylic acids is 1. The molecule has 0 heterocycles. The fraction of sp³-hybridized carbons (Fsp3) is 0.500. The van der Waals surface area contributed by atoms with Crippen molar-refractivity contribution < 1.29 is 14.3 Å². The summed E-state index contributed by atoms with van der Waals surface area (Å²) in [5, 5.41) is 0. The molecule has 0 aliphatic heterocycles. The molecule has 0 N–H and O–H groups in total. The van der Waals surface area contributed by atoms with Gasteiger partial charge in [-0.05, 0) is 56.3 Å². The summed E-state index contributed by atoms with van der Waals surface area (Å²) in [7, 11) is 7.25. The van der Waals surface area contributed by atoms with E-state index in [1.54, 1.807) is 14.2 Å². The van der Waals surface area contributed by atoms with Crippen LogP contribution in [0.2, 0.25) is 0 Å². The Bertz CT molecular complexity index is 592. The zero-order valence-corrected chi connectivity index (χ0v) is 14.1. The Morgan fingerprint density at radius 3 is 2.50 bits per heavy atom. The lowest BCUT2D eigenvalue weighted by Crippen LogP contribution is -2.34. The van der Waals surface area contributed by atoms with Crippen LogP contribution in [-0.2, 0) is 4.79 Å². The van der Waals surface area contributed by atoms with E-state index >= 15 is 0 Å². The lowest BCUT2D eigenvalue weighted by atomic mass is 9.86. The van der Waals surface area contributed by atoms with E-state index < -0.39 is 0 Å². The first kappa shape index (κ1) is 16.6. The number of hydrogen-bond acceptors (Lipinski definition) is 4. The van der Waals surface area contributed by atoms with Crippen molar-refractivity contribution in [1.29, 1.82) is 0 Å². The first-order chi connectivity index (χ1) is 10.4. The summed E-state index contributed by atoms with van der Waals surface area (Å²) in [6.45, 7) is 2.85. The standard InChI is InChI=1S/C18H25NO3/c1-18(12-19(2)3)9-8-14(17(18)20)10-13-6-7-15(21-4)16(11-13)22-5/h6-7,10-11H,8-9,12H2,1-5H3/b14-10+. The molecular formula is C18H25NO3. The van der Waals surface area contributed by atoms with E-state index in [4.69, 9.17) is 9.47 Å². The largest absolute Gasteiger partial charge is 0.493 e. The number of allylic oxidation sites excluding steroid dienone is 1. The molecule has 0 spiro atoms. The van der Waals surface area contributed by atoms with Gasteiger partial charge in [0.1, 0.15) is 0 Å². The molecule has 0 amide bonds. The van der Waals surface area contributed by atoms with Gasteiger partial charge in [-0.25, -0.2) is 0 Å². The van der Waals surface area contributed by atoms with Crippen LogP contribution in [0.15, 0.2) is 23.8 Å². The lowest BCUT2D eigenvalue weighted by molar-refractivity contribution is -0.122. The summed E-state index contributed by atoms with van der Waals surface area (Å²) in [6.07, 6.45) is 3.71. The molecule has 2 rings (SSSR count). The predicted molar refractivity (Wildman–Crippen MR) is 88.4 cm³/mol. The number of carbonyl (C=O) groups is 1. The van der Waals surface area contributed by atoms with Crippen LogP contribution in [-0.4, -0.2) is 45.5 Å². The van der Waals surface area contributed by atoms with Gasteiger partial charge in [-0.1, -0.05) is 13.0 Å². The van der Waals surface area contributed by atoms with Crippen molar-refractivity contribution in [3.63, 3.8) is 0 Å². The number of methoxy groups -OCH3 is 2. The number of hydrogen-bond donors (Lipinski definition) is 0. The van der Waals surface area contributed by atoms with Crippen LogP contribution in [0.3, 0.4) is 0 Å². The van der Waals surface area contributed by atoms with Gasteiger partial charge in [0.2, 0.25) is 0 Å². The van der Waals surface area contributed by atoms with Gasteiger partial charge in [-0.3, -0.25) is 4.79 Å². The van der Waals surface area contributed by atoms with Gasteiger partial charge >= 0.3 is 0 Å². The monoisotopic (exact) mass is 303 g/mol. The van der Waals surface area contributed by atoms with Crippen molar-refractivity contribution in [2.45, 2.75) is 19.8 Å². The minimum Gasteiger partial charge on any atom is -0.493 e. The van der Waals surface area contributed by atoms with Gasteiger partial charge in [-0.15, -0.1) is 0 Å². The minimum atomic E-state index is -0.272. The average molecular weight is 303 g/mol. The van der Waals surface area contributed by atoms with Crippen molar-refractivity contribution in [3.05, 3.63) is 29.3 Å². The van der Waals surface area contributed by atoms with E-state index in [1.807, 2.05) is 38.4 Å². The summed E-state index contributed by atoms with van der Waals surface area (Å²) in [5.74, 6) is 1.63. The molecule has 1 atom stereocenters. The quantitative estimate of drug-likeness (QED) is 0.784. The van der Waals surface area contributed by atoms with E-state index in [0.717, 1.165) is 30.5 Å². The molecule has 1 aliphatic rings. The van der Waals surface area contributed by atoms with Crippen LogP contribution >= 0.6 is 0 Å². The average Bonchev–Trinajstić information content (AvgIpc) is 2.74. The van der Waals surface area contributed by atoms with Crippen molar-refractivity contribution in [2.75, 3.05) is 34.9 Å². The topological polar surface area (TPSA) is 38.8 Å². The van der Waals surface area contributed by atoms with Crippen molar-refractivity contribution in [3.8, 4) is 11.5 Å². The molecule has 0 radical (unpaired) electrons. The molecule has 4 heteroatoms. The summed E-state index contributed by atoms with van der Waals surface area (Å²) >= 11 is 0. The Hall–Kier alpha value is -1.81. The zero-order chi connectivity index (χ0) is 16.3. The smallest absolute Gasteiger partial charge is 0.166 e. The van der Waals surface area contributed by atoms with Gasteiger partial charge in [0.15, 0.2) is 17.3 Å². The Morgan fingerprint density at radius 2 is 1.91 bits per heavy atom. The van der Waals surface area contributed by atoms with Crippen LogP contribution in [0.4, 0.5) is 0 Å². The van der Waals surface area contributed by atoms with E-state index in [9.17, 15) is 4.79 Å². The molecule has 4 nitrogen and oxygen atoms in total. The molecular weight excluding hydrogens is 278 g/mol. The molecule has 1 aliphatic carbocycles. The Morgan fingerprint density at radius 1 is 1.23 bits per heavy atom. The Kier molecular flexibility index (Phi) is 4.91. The number of nitrogens with zero attached hydrogens (tertiary/aromatic N) is 1. The molecule has 1 aromatic rings. The van der Waals surface area contributed by atoms with Crippen molar-refractivity contribution >= 4 is 11.9 Å². The summed E-state index contributed by atoms with van der Waals surface area (Å²) < 4.78 is 10.6. The summed E-state index contributed by atoms with van der Waals surface area (Å²) in [6, 6.07) is 5.72. The molecule has 1 saturated carbocycles. The third kappa shape index (κ3) is 3.33. The number of Topliss-reactive ketones (excluding diaryl/α,β-unsaturated/α-hetero) is 1. The lowest BCUT2D eigenvalue weighted by Gasteiger charge is -2.25. The van der Waals surface area contributed by atoms with Crippen LogP contribution in [0.25, 0.3) is 6.08 Å². The third-order valence-electron chi connectivity index (χ3n) is 4.20. The highest BCUT2D eigenvalue weighted by Crippen LogP contribution is 2.39. The summed E-state index contributed by atoms with van der Waals surface area (Å²) in [4.78, 5) is 14.8. The van der Waals surface area contributed by atoms with Crippen LogP contribution < -0.4 is 9.47 Å². The van der Waals surface area contributed by atoms with Crippen LogP contribution in [0, 0.1) is 5.41 Å². The number of benzene rings is 1. The first-order valence-corrected chi connectivity index (χ1v) is 7.52. The molecule has 1 unspecified atom stereocenters. The number of ketones is 1. The van der Waals surface area contributed by atoms with E-state index in [0.29, 0.717) is 11.5 Å². The van der Waals surface area contributed by atoms with Gasteiger partial charge in [-0.2, -0.15) is 0 Å². The van der Waals surface area contributed by atoms with Crippen molar-refractivity contribution in [2.24, 2.45) is 5.41 Å². The molecule has 0 aromatic heterocycles. The zero-order valence-electron chi connectivity index (χ0n) is 14.1. The normalized spacial score (nSPS) is 23.4. The summed E-state index contributed by atoms with van der Waals surface area (Å²) in [5.41, 5.74) is 1.60. The van der Waals surface area contributed by atoms with Gasteiger partial charge in [0.25, 0.3) is 0 Å². The molecule has 0 saturated heterocycles. The highest BCUT2D eigenvalue weighted by atomic mass is 16.5. The molecule has 1 aromatic carbocycles. The maximum atomic E-state index is 12.7. The minimum absolute atomic E-state index is 0.260. The third-order valence-corrected chi connectivity index (χ3v) is 4.20. The Balaban J connectivity index is 2.26. The van der Waals surface area contributed by atoms with E-state index in [-0.39, 0.29) is 11.2 Å². The van der Waals surface area contributed by atoms with Crippen LogP contribution in [0.1, 0.15) is 25.3 Å². The maximum absolute atomic E-state index is 12.7. The van der Waals surface area contributed by atoms with Crippen molar-refractivity contribution in [1.82, 2.24) is 4.90 Å². The maximum Gasteiger partial charge on any atom is 0.166 e. The molecule has 22 heavy (non-hydrogen) atoms. The number of rotatable bonds is 5. The predicted octanol–water partition coefficient (Wildman–Crippen LogP) is 3.02. The van der Waals surface area contributed by atoms with Gasteiger partial charge in [0, 0.05) is 12.0 Å². The van der Waals surface area contributed by atoms with Crippen LogP contribution in [0.5, 0.6) is 11.5 Å². The highest BCUT2D eigenvalue weighted by Gasteiger charge is 2.40. The number of ether oxygens (including phenoxy) is 2. The SMILES string of the molecule is COc1ccc(/C=C2\CCC(C)(CN(C)C)C2=O)cc1OC. The molecule has 0 bridgehead atoms. The second kappa shape index (κ2) is 6.53. The second-order valence-corrected chi connectivity index (χ2v) is 6.41. The first-order valence-electron chi connectivity index (χ1n) is 7.52. The fourth-order valence-corrected chi connectivity index (χ4v) is 3.16.